The molecular formula is C36H34N6O. The van der Waals surface area contributed by atoms with E-state index >= 15 is 0 Å². The molecule has 43 heavy (non-hydrogen) atoms. The molecule has 0 radical (unpaired) electrons. The van der Waals surface area contributed by atoms with Gasteiger partial charge in [0.25, 0.3) is 0 Å². The van der Waals surface area contributed by atoms with Gasteiger partial charge in [-0.3, -0.25) is 9.69 Å². The van der Waals surface area contributed by atoms with Gasteiger partial charge >= 0.3 is 0 Å². The number of nitriles is 1. The molecule has 0 bridgehead atoms. The van der Waals surface area contributed by atoms with E-state index in [1.807, 2.05) is 66.7 Å². The van der Waals surface area contributed by atoms with Gasteiger partial charge in [-0.25, -0.2) is 9.97 Å². The average molecular weight is 567 g/mol. The maximum Gasteiger partial charge on any atom is 0.243 e. The van der Waals surface area contributed by atoms with Crippen molar-refractivity contribution >= 4 is 22.8 Å². The summed E-state index contributed by atoms with van der Waals surface area (Å²) in [5, 5.41) is 13.2. The molecule has 1 aliphatic rings. The first-order valence-electron chi connectivity index (χ1n) is 14.8. The minimum atomic E-state index is -1.07. The number of nitrogens with zero attached hydrogens (tertiary/aromatic N) is 5. The Balaban J connectivity index is 1.24. The lowest BCUT2D eigenvalue weighted by Gasteiger charge is -2.40. The van der Waals surface area contributed by atoms with Crippen molar-refractivity contribution in [3.05, 3.63) is 138 Å². The lowest BCUT2D eigenvalue weighted by molar-refractivity contribution is -0.121. The molecule has 1 N–H and O–H groups in total. The highest BCUT2D eigenvalue weighted by atomic mass is 16.1. The van der Waals surface area contributed by atoms with Crippen LogP contribution in [0.4, 0.5) is 5.82 Å². The lowest BCUT2D eigenvalue weighted by atomic mass is 9.96. The van der Waals surface area contributed by atoms with E-state index in [1.54, 1.807) is 0 Å². The number of benzene rings is 4. The van der Waals surface area contributed by atoms with Crippen LogP contribution in [0.5, 0.6) is 0 Å². The molecule has 7 nitrogen and oxygen atoms in total. The minimum absolute atomic E-state index is 0.133. The second kappa shape index (κ2) is 13.3. The summed E-state index contributed by atoms with van der Waals surface area (Å²) in [7, 11) is 0. The Bertz CT molecular complexity index is 1660. The molecule has 1 atom stereocenters. The third-order valence-electron chi connectivity index (χ3n) is 8.01. The Labute approximate surface area is 252 Å². The first-order valence-corrected chi connectivity index (χ1v) is 14.8. The van der Waals surface area contributed by atoms with E-state index in [0.717, 1.165) is 24.2 Å². The summed E-state index contributed by atoms with van der Waals surface area (Å²) in [6.45, 7) is 3.43. The smallest absolute Gasteiger partial charge is 0.243 e. The maximum atomic E-state index is 13.4. The lowest BCUT2D eigenvalue weighted by Crippen LogP contribution is -2.48. The molecule has 1 fully saturated rings. The van der Waals surface area contributed by atoms with E-state index in [1.165, 1.54) is 11.1 Å². The van der Waals surface area contributed by atoms with Crippen molar-refractivity contribution in [2.75, 3.05) is 37.6 Å². The molecule has 0 unspecified atom stereocenters. The number of piperazine rings is 1. The number of rotatable bonds is 9. The third-order valence-corrected chi connectivity index (χ3v) is 8.01. The van der Waals surface area contributed by atoms with Gasteiger partial charge < -0.3 is 10.2 Å². The normalized spacial score (nSPS) is 14.4. The van der Waals surface area contributed by atoms with E-state index in [2.05, 4.69) is 69.7 Å². The second-order valence-electron chi connectivity index (χ2n) is 10.8. The van der Waals surface area contributed by atoms with Crippen molar-refractivity contribution in [3.8, 4) is 6.07 Å². The number of hydrogen-bond acceptors (Lipinski definition) is 6. The van der Waals surface area contributed by atoms with Crippen LogP contribution < -0.4 is 10.2 Å². The van der Waals surface area contributed by atoms with Gasteiger partial charge in [0.15, 0.2) is 11.7 Å². The maximum absolute atomic E-state index is 13.4. The summed E-state index contributed by atoms with van der Waals surface area (Å²) in [5.74, 6) is -0.808. The number of hydrogen-bond donors (Lipinski definition) is 1. The Morgan fingerprint density at radius 2 is 1.28 bits per heavy atom. The van der Waals surface area contributed by atoms with Gasteiger partial charge in [-0.1, -0.05) is 103 Å². The van der Waals surface area contributed by atoms with Crippen LogP contribution >= 0.6 is 0 Å². The largest absolute Gasteiger partial charge is 0.354 e. The highest BCUT2D eigenvalue weighted by molar-refractivity contribution is 5.88. The van der Waals surface area contributed by atoms with Crippen LogP contribution in [0.2, 0.25) is 0 Å². The molecule has 1 amide bonds. The molecule has 5 aromatic rings. The van der Waals surface area contributed by atoms with E-state index in [0.29, 0.717) is 43.1 Å². The van der Waals surface area contributed by atoms with E-state index in [4.69, 9.17) is 9.97 Å². The first kappa shape index (κ1) is 28.1. The minimum Gasteiger partial charge on any atom is -0.354 e. The van der Waals surface area contributed by atoms with Crippen molar-refractivity contribution < 1.29 is 4.79 Å². The fourth-order valence-electron chi connectivity index (χ4n) is 5.83. The summed E-state index contributed by atoms with van der Waals surface area (Å²) in [6.07, 6.45) is 0.687. The van der Waals surface area contributed by atoms with Crippen LogP contribution in [-0.4, -0.2) is 53.5 Å². The molecule has 0 aliphatic carbocycles. The monoisotopic (exact) mass is 566 g/mol. The highest BCUT2D eigenvalue weighted by Crippen LogP contribution is 2.32. The van der Waals surface area contributed by atoms with Gasteiger partial charge in [0.05, 0.1) is 23.1 Å². The van der Waals surface area contributed by atoms with Crippen molar-refractivity contribution in [2.45, 2.75) is 18.4 Å². The van der Waals surface area contributed by atoms with Crippen molar-refractivity contribution in [3.63, 3.8) is 0 Å². The van der Waals surface area contributed by atoms with Crippen molar-refractivity contribution in [1.29, 1.82) is 5.26 Å². The van der Waals surface area contributed by atoms with E-state index in [9.17, 15) is 10.1 Å². The number of carbonyl (C=O) groups excluding carboxylic acids is 1. The molecule has 2 heterocycles. The van der Waals surface area contributed by atoms with Crippen LogP contribution in [0, 0.1) is 11.3 Å². The first-order chi connectivity index (χ1) is 21.2. The van der Waals surface area contributed by atoms with Crippen LogP contribution in [-0.2, 0) is 11.2 Å². The zero-order chi connectivity index (χ0) is 29.4. The van der Waals surface area contributed by atoms with Crippen LogP contribution in [0.1, 0.15) is 34.3 Å². The van der Waals surface area contributed by atoms with E-state index in [-0.39, 0.29) is 11.9 Å². The number of para-hydroxylation sites is 2. The summed E-state index contributed by atoms with van der Waals surface area (Å²) in [6, 6.07) is 41.2. The quantitative estimate of drug-likeness (QED) is 0.253. The van der Waals surface area contributed by atoms with Crippen molar-refractivity contribution in [1.82, 2.24) is 20.2 Å². The zero-order valence-electron chi connectivity index (χ0n) is 24.0. The van der Waals surface area contributed by atoms with Crippen LogP contribution in [0.15, 0.2) is 115 Å². The fraction of sp³-hybridized carbons (Fsp3) is 0.222. The fourth-order valence-corrected chi connectivity index (χ4v) is 5.83. The van der Waals surface area contributed by atoms with E-state index < -0.39 is 5.92 Å². The predicted molar refractivity (Wildman–Crippen MR) is 170 cm³/mol. The van der Waals surface area contributed by atoms with Crippen LogP contribution in [0.25, 0.3) is 11.0 Å². The molecule has 1 saturated heterocycles. The topological polar surface area (TPSA) is 85.1 Å². The molecule has 1 aliphatic heterocycles. The summed E-state index contributed by atoms with van der Waals surface area (Å²) < 4.78 is 0. The number of amides is 1. The highest BCUT2D eigenvalue weighted by Gasteiger charge is 2.32. The van der Waals surface area contributed by atoms with Crippen LogP contribution in [0.3, 0.4) is 0 Å². The van der Waals surface area contributed by atoms with Gasteiger partial charge in [0, 0.05) is 32.7 Å². The summed E-state index contributed by atoms with van der Waals surface area (Å²) in [4.78, 5) is 27.9. The number of anilines is 1. The molecule has 0 spiro atoms. The van der Waals surface area contributed by atoms with Gasteiger partial charge in [-0.05, 0) is 35.2 Å². The SMILES string of the molecule is N#C[C@@H](C(=O)NCCc1ccccc1)c1nc2ccccc2nc1N1CCN(C(c2ccccc2)c2ccccc2)CC1. The standard InChI is InChI=1S/C36H34N6O/c37-26-30(36(43)38-21-20-27-12-4-1-5-13-27)33-35(40-32-19-11-10-18-31(32)39-33)42-24-22-41(23-25-42)34(28-14-6-2-7-15-28)29-16-8-3-9-17-29/h1-19,30,34H,20-25H2,(H,38,43)/t30-/m1/s1. The Kier molecular flexibility index (Phi) is 8.67. The van der Waals surface area contributed by atoms with Gasteiger partial charge in [-0.2, -0.15) is 5.26 Å². The number of aromatic nitrogens is 2. The molecule has 1 aromatic heterocycles. The average Bonchev–Trinajstić information content (AvgIpc) is 3.07. The third kappa shape index (κ3) is 6.40. The summed E-state index contributed by atoms with van der Waals surface area (Å²) >= 11 is 0. The molecule has 4 aromatic carbocycles. The molecule has 6 rings (SSSR count). The summed E-state index contributed by atoms with van der Waals surface area (Å²) in [5.41, 5.74) is 5.47. The number of fused-ring (bicyclic) bond motifs is 1. The molecular weight excluding hydrogens is 532 g/mol. The molecule has 7 heteroatoms. The second-order valence-corrected chi connectivity index (χ2v) is 10.8. The molecule has 214 valence electrons. The Morgan fingerprint density at radius 1 is 0.744 bits per heavy atom. The number of nitrogens with one attached hydrogen (secondary N) is 1. The van der Waals surface area contributed by atoms with Gasteiger partial charge in [0.2, 0.25) is 5.91 Å². The predicted octanol–water partition coefficient (Wildman–Crippen LogP) is 5.51. The number of carbonyl (C=O) groups is 1. The van der Waals surface area contributed by atoms with Gasteiger partial charge in [0.1, 0.15) is 5.69 Å². The molecule has 0 saturated carbocycles. The Hall–Kier alpha value is -5.06. The van der Waals surface area contributed by atoms with Gasteiger partial charge in [-0.15, -0.1) is 0 Å². The Morgan fingerprint density at radius 3 is 1.86 bits per heavy atom. The van der Waals surface area contributed by atoms with Crippen molar-refractivity contribution in [2.24, 2.45) is 0 Å². The zero-order valence-corrected chi connectivity index (χ0v) is 24.0.